The van der Waals surface area contributed by atoms with Crippen molar-refractivity contribution >= 4 is 5.82 Å². The molecule has 0 aliphatic carbocycles. The summed E-state index contributed by atoms with van der Waals surface area (Å²) in [6, 6.07) is 1.52. The van der Waals surface area contributed by atoms with Gasteiger partial charge in [-0.2, -0.15) is 4.98 Å². The van der Waals surface area contributed by atoms with Crippen LogP contribution in [0, 0.1) is 0 Å². The van der Waals surface area contributed by atoms with Crippen LogP contribution < -0.4 is 11.4 Å². The molecule has 2 aliphatic heterocycles. The van der Waals surface area contributed by atoms with Crippen LogP contribution in [0.15, 0.2) is 17.1 Å². The van der Waals surface area contributed by atoms with E-state index in [1.165, 1.54) is 16.8 Å². The lowest BCUT2D eigenvalue weighted by Crippen LogP contribution is -2.31. The first kappa shape index (κ1) is 9.76. The van der Waals surface area contributed by atoms with E-state index in [4.69, 9.17) is 20.3 Å². The Morgan fingerprint density at radius 3 is 2.94 bits per heavy atom. The van der Waals surface area contributed by atoms with Crippen LogP contribution in [0.1, 0.15) is 6.23 Å². The molecule has 7 nitrogen and oxygen atoms in total. The summed E-state index contributed by atoms with van der Waals surface area (Å²) in [5.74, 6) is 0.172. The fourth-order valence-electron chi connectivity index (χ4n) is 1.99. The highest BCUT2D eigenvalue weighted by molar-refractivity contribution is 5.23. The highest BCUT2D eigenvalue weighted by Crippen LogP contribution is 2.43. The largest absolute Gasteiger partial charge is 0.394 e. The Hall–Kier alpha value is -1.44. The molecule has 1 aromatic heterocycles. The summed E-state index contributed by atoms with van der Waals surface area (Å²) in [4.78, 5) is 15.2. The molecule has 0 amide bonds. The van der Waals surface area contributed by atoms with Crippen LogP contribution in [0.3, 0.4) is 0 Å². The molecule has 3 heterocycles. The molecule has 16 heavy (non-hydrogen) atoms. The van der Waals surface area contributed by atoms with Gasteiger partial charge in [0.1, 0.15) is 24.1 Å². The van der Waals surface area contributed by atoms with Crippen LogP contribution in [-0.2, 0) is 9.47 Å². The van der Waals surface area contributed by atoms with Gasteiger partial charge in [0.2, 0.25) is 0 Å². The Kier molecular flexibility index (Phi) is 2.00. The van der Waals surface area contributed by atoms with E-state index >= 15 is 0 Å². The van der Waals surface area contributed by atoms with Crippen molar-refractivity contribution in [3.63, 3.8) is 0 Å². The summed E-state index contributed by atoms with van der Waals surface area (Å²) in [6.07, 6.45) is 0.371. The van der Waals surface area contributed by atoms with E-state index in [1.807, 2.05) is 0 Å². The van der Waals surface area contributed by atoms with Gasteiger partial charge in [0.05, 0.1) is 6.61 Å². The van der Waals surface area contributed by atoms with E-state index in [0.717, 1.165) is 0 Å². The molecule has 4 atom stereocenters. The SMILES string of the molecule is Nc1ccn(C2O[C@H](CO)[C@@H]3O[C@H]23)c(=O)n1. The van der Waals surface area contributed by atoms with Crippen molar-refractivity contribution in [1.82, 2.24) is 9.55 Å². The van der Waals surface area contributed by atoms with Gasteiger partial charge in [0, 0.05) is 6.20 Å². The summed E-state index contributed by atoms with van der Waals surface area (Å²) in [5, 5.41) is 9.01. The molecule has 0 radical (unpaired) electrons. The molecule has 0 aromatic carbocycles. The number of fused-ring (bicyclic) bond motifs is 1. The van der Waals surface area contributed by atoms with Crippen molar-refractivity contribution < 1.29 is 14.6 Å². The molecule has 3 N–H and O–H groups in total. The quantitative estimate of drug-likeness (QED) is 0.593. The van der Waals surface area contributed by atoms with Gasteiger partial charge in [-0.25, -0.2) is 4.79 Å². The highest BCUT2D eigenvalue weighted by Gasteiger charge is 2.58. The molecule has 1 unspecified atom stereocenters. The summed E-state index contributed by atoms with van der Waals surface area (Å²) < 4.78 is 12.1. The first-order chi connectivity index (χ1) is 7.70. The van der Waals surface area contributed by atoms with E-state index < -0.39 is 11.9 Å². The molecular formula is C9H11N3O4. The number of nitrogens with two attached hydrogens (primary N) is 1. The van der Waals surface area contributed by atoms with Crippen molar-refractivity contribution in [2.24, 2.45) is 0 Å². The van der Waals surface area contributed by atoms with E-state index in [-0.39, 0.29) is 30.7 Å². The first-order valence-electron chi connectivity index (χ1n) is 4.97. The number of epoxide rings is 1. The normalized spacial score (nSPS) is 36.1. The number of nitrogens with zero attached hydrogens (tertiary/aromatic N) is 2. The van der Waals surface area contributed by atoms with Crippen LogP contribution in [0.2, 0.25) is 0 Å². The molecule has 0 bridgehead atoms. The summed E-state index contributed by atoms with van der Waals surface area (Å²) in [5.41, 5.74) is 4.91. The Bertz CT molecular complexity index is 474. The Balaban J connectivity index is 1.91. The fourth-order valence-corrected chi connectivity index (χ4v) is 1.99. The molecule has 2 fully saturated rings. The molecule has 3 rings (SSSR count). The fraction of sp³-hybridized carbons (Fsp3) is 0.556. The molecule has 7 heteroatoms. The molecule has 0 saturated carbocycles. The summed E-state index contributed by atoms with van der Waals surface area (Å²) in [7, 11) is 0. The lowest BCUT2D eigenvalue weighted by molar-refractivity contribution is -0.0855. The van der Waals surface area contributed by atoms with Gasteiger partial charge in [-0.15, -0.1) is 0 Å². The summed E-state index contributed by atoms with van der Waals surface area (Å²) >= 11 is 0. The second kappa shape index (κ2) is 3.27. The third-order valence-corrected chi connectivity index (χ3v) is 2.83. The van der Waals surface area contributed by atoms with Gasteiger partial charge in [-0.3, -0.25) is 4.57 Å². The molecule has 0 spiro atoms. The molecule has 86 valence electrons. The van der Waals surface area contributed by atoms with Gasteiger partial charge in [-0.1, -0.05) is 0 Å². The lowest BCUT2D eigenvalue weighted by Gasteiger charge is -2.17. The number of anilines is 1. The number of aliphatic hydroxyl groups is 1. The van der Waals surface area contributed by atoms with Gasteiger partial charge in [0.25, 0.3) is 0 Å². The Labute approximate surface area is 90.4 Å². The molecular weight excluding hydrogens is 214 g/mol. The van der Waals surface area contributed by atoms with Gasteiger partial charge >= 0.3 is 5.69 Å². The van der Waals surface area contributed by atoms with E-state index in [9.17, 15) is 4.79 Å². The smallest absolute Gasteiger partial charge is 0.351 e. The van der Waals surface area contributed by atoms with Crippen LogP contribution >= 0.6 is 0 Å². The second-order valence-electron chi connectivity index (χ2n) is 3.86. The predicted molar refractivity (Wildman–Crippen MR) is 52.6 cm³/mol. The third kappa shape index (κ3) is 1.33. The minimum Gasteiger partial charge on any atom is -0.394 e. The maximum Gasteiger partial charge on any atom is 0.351 e. The van der Waals surface area contributed by atoms with Crippen LogP contribution in [-0.4, -0.2) is 39.6 Å². The standard InChI is InChI=1S/C9H11N3O4/c10-5-1-2-12(9(14)11-5)8-7-6(16-7)4(3-13)15-8/h1-2,4,6-8,13H,3H2,(H2,10,11,14)/t4-,6+,7+,8?/m1/s1. The molecule has 2 saturated heterocycles. The average molecular weight is 225 g/mol. The Morgan fingerprint density at radius 1 is 1.50 bits per heavy atom. The van der Waals surface area contributed by atoms with Crippen LogP contribution in [0.4, 0.5) is 5.82 Å². The van der Waals surface area contributed by atoms with Gasteiger partial charge in [-0.05, 0) is 6.07 Å². The summed E-state index contributed by atoms with van der Waals surface area (Å²) in [6.45, 7) is -0.116. The first-order valence-corrected chi connectivity index (χ1v) is 4.97. The van der Waals surface area contributed by atoms with Crippen molar-refractivity contribution in [2.45, 2.75) is 24.5 Å². The van der Waals surface area contributed by atoms with Crippen molar-refractivity contribution in [2.75, 3.05) is 12.3 Å². The maximum absolute atomic E-state index is 11.6. The highest BCUT2D eigenvalue weighted by atomic mass is 16.7. The zero-order chi connectivity index (χ0) is 11.3. The topological polar surface area (TPSA) is 103 Å². The van der Waals surface area contributed by atoms with E-state index in [2.05, 4.69) is 4.98 Å². The number of aliphatic hydroxyl groups excluding tert-OH is 1. The van der Waals surface area contributed by atoms with Crippen LogP contribution in [0.5, 0.6) is 0 Å². The minimum atomic E-state index is -0.511. The average Bonchev–Trinajstić information content (AvgIpc) is 2.96. The Morgan fingerprint density at radius 2 is 2.31 bits per heavy atom. The van der Waals surface area contributed by atoms with E-state index in [0.29, 0.717) is 0 Å². The predicted octanol–water partition coefficient (Wildman–Crippen LogP) is -1.52. The zero-order valence-electron chi connectivity index (χ0n) is 8.31. The number of nitrogen functional groups attached to an aromatic ring is 1. The third-order valence-electron chi connectivity index (χ3n) is 2.83. The van der Waals surface area contributed by atoms with E-state index in [1.54, 1.807) is 0 Å². The molecule has 1 aromatic rings. The minimum absolute atomic E-state index is 0.112. The maximum atomic E-state index is 11.6. The number of ether oxygens (including phenoxy) is 2. The van der Waals surface area contributed by atoms with Crippen LogP contribution in [0.25, 0.3) is 0 Å². The number of rotatable bonds is 2. The number of hydrogen-bond donors (Lipinski definition) is 2. The van der Waals surface area contributed by atoms with Crippen molar-refractivity contribution in [3.8, 4) is 0 Å². The molecule has 2 aliphatic rings. The monoisotopic (exact) mass is 225 g/mol. The second-order valence-corrected chi connectivity index (χ2v) is 3.86. The number of aromatic nitrogens is 2. The lowest BCUT2D eigenvalue weighted by atomic mass is 10.2. The van der Waals surface area contributed by atoms with Crippen molar-refractivity contribution in [3.05, 3.63) is 22.7 Å². The van der Waals surface area contributed by atoms with Crippen molar-refractivity contribution in [1.29, 1.82) is 0 Å². The van der Waals surface area contributed by atoms with Gasteiger partial charge < -0.3 is 20.3 Å². The number of hydrogen-bond acceptors (Lipinski definition) is 6. The van der Waals surface area contributed by atoms with Gasteiger partial charge in [0.15, 0.2) is 6.23 Å². The zero-order valence-corrected chi connectivity index (χ0v) is 8.31.